The molecular weight excluding hydrogens is 218 g/mol. The van der Waals surface area contributed by atoms with Crippen LogP contribution < -0.4 is 16.0 Å². The van der Waals surface area contributed by atoms with Gasteiger partial charge in [-0.15, -0.1) is 0 Å². The minimum atomic E-state index is 0.569. The van der Waals surface area contributed by atoms with Crippen LogP contribution in [0.15, 0.2) is 18.5 Å². The lowest BCUT2D eigenvalue weighted by Gasteiger charge is -2.11. The highest BCUT2D eigenvalue weighted by atomic mass is 15.2. The molecule has 7 nitrogen and oxygen atoms in total. The molecule has 2 rings (SSSR count). The van der Waals surface area contributed by atoms with Gasteiger partial charge in [0.05, 0.1) is 6.20 Å². The van der Waals surface area contributed by atoms with Gasteiger partial charge in [0, 0.05) is 32.4 Å². The maximum Gasteiger partial charge on any atom is 0.226 e. The van der Waals surface area contributed by atoms with Gasteiger partial charge in [0.15, 0.2) is 0 Å². The lowest BCUT2D eigenvalue weighted by molar-refractivity contribution is 0.988. The molecule has 4 N–H and O–H groups in total. The second-order valence-corrected chi connectivity index (χ2v) is 3.80. The van der Waals surface area contributed by atoms with Crippen molar-refractivity contribution in [3.05, 3.63) is 24.0 Å². The van der Waals surface area contributed by atoms with Gasteiger partial charge in [-0.1, -0.05) is 0 Å². The third-order valence-corrected chi connectivity index (χ3v) is 2.25. The maximum absolute atomic E-state index is 5.68. The topological polar surface area (TPSA) is 95.8 Å². The van der Waals surface area contributed by atoms with E-state index in [4.69, 9.17) is 5.73 Å². The fraction of sp³-hybridized carbons (Fsp3) is 0.300. The van der Waals surface area contributed by atoms with Gasteiger partial charge in [0.25, 0.3) is 0 Å². The molecule has 0 atom stereocenters. The second kappa shape index (κ2) is 4.69. The Morgan fingerprint density at radius 2 is 2.29 bits per heavy atom. The average molecular weight is 233 g/mol. The quantitative estimate of drug-likeness (QED) is 0.710. The third-order valence-electron chi connectivity index (χ3n) is 2.25. The van der Waals surface area contributed by atoms with E-state index in [0.717, 1.165) is 11.4 Å². The number of aromatic amines is 1. The van der Waals surface area contributed by atoms with Gasteiger partial charge in [0.1, 0.15) is 11.6 Å². The summed E-state index contributed by atoms with van der Waals surface area (Å²) in [5.41, 5.74) is 6.60. The van der Waals surface area contributed by atoms with Crippen LogP contribution in [0.1, 0.15) is 5.56 Å². The second-order valence-electron chi connectivity index (χ2n) is 3.80. The summed E-state index contributed by atoms with van der Waals surface area (Å²) in [5, 5.41) is 9.70. The first-order valence-corrected chi connectivity index (χ1v) is 5.19. The highest BCUT2D eigenvalue weighted by molar-refractivity contribution is 5.44. The fourth-order valence-electron chi connectivity index (χ4n) is 1.31. The predicted octanol–water partition coefficient (Wildman–Crippen LogP) is 0.460. The number of aromatic nitrogens is 4. The molecule has 0 aliphatic rings. The summed E-state index contributed by atoms with van der Waals surface area (Å²) >= 11 is 0. The minimum absolute atomic E-state index is 0.569. The third kappa shape index (κ3) is 2.63. The van der Waals surface area contributed by atoms with Crippen LogP contribution >= 0.6 is 0 Å². The summed E-state index contributed by atoms with van der Waals surface area (Å²) in [6.07, 6.45) is 3.40. The van der Waals surface area contributed by atoms with Crippen LogP contribution in [0, 0.1) is 0 Å². The molecule has 17 heavy (non-hydrogen) atoms. The Labute approximate surface area is 99.1 Å². The monoisotopic (exact) mass is 233 g/mol. The molecule has 0 aliphatic carbocycles. The zero-order valence-electron chi connectivity index (χ0n) is 9.81. The van der Waals surface area contributed by atoms with Crippen molar-refractivity contribution >= 4 is 17.6 Å². The zero-order chi connectivity index (χ0) is 12.3. The molecule has 90 valence electrons. The molecule has 0 saturated carbocycles. The first-order valence-electron chi connectivity index (χ1n) is 5.19. The van der Waals surface area contributed by atoms with E-state index >= 15 is 0 Å². The number of rotatable bonds is 4. The summed E-state index contributed by atoms with van der Waals surface area (Å²) in [5.74, 6) is 1.99. The van der Waals surface area contributed by atoms with E-state index in [2.05, 4.69) is 25.5 Å². The Balaban J connectivity index is 2.04. The number of nitrogen functional groups attached to an aromatic ring is 1. The molecule has 2 aromatic heterocycles. The Bertz CT molecular complexity index is 491. The summed E-state index contributed by atoms with van der Waals surface area (Å²) in [6.45, 7) is 0.576. The Kier molecular flexibility index (Phi) is 3.08. The zero-order valence-corrected chi connectivity index (χ0v) is 9.81. The minimum Gasteiger partial charge on any atom is -0.384 e. The van der Waals surface area contributed by atoms with E-state index in [0.29, 0.717) is 18.3 Å². The van der Waals surface area contributed by atoms with Crippen molar-refractivity contribution < 1.29 is 0 Å². The molecule has 0 radical (unpaired) electrons. The first-order chi connectivity index (χ1) is 8.16. The molecule has 0 fully saturated rings. The summed E-state index contributed by atoms with van der Waals surface area (Å²) < 4.78 is 0. The molecule has 0 bridgehead atoms. The molecule has 0 spiro atoms. The van der Waals surface area contributed by atoms with Gasteiger partial charge in [-0.05, 0) is 6.07 Å². The molecule has 2 heterocycles. The standard InChI is InChI=1S/C10H15N7/c1-17(2)10-12-4-3-8(15-10)13-5-7-6-14-16-9(7)11/h3-4,6H,5H2,1-2H3,(H3,11,14,16)(H,12,13,15). The largest absolute Gasteiger partial charge is 0.384 e. The number of H-pyrrole nitrogens is 1. The van der Waals surface area contributed by atoms with E-state index in [1.807, 2.05) is 25.1 Å². The Morgan fingerprint density at radius 3 is 2.94 bits per heavy atom. The van der Waals surface area contributed by atoms with Crippen molar-refractivity contribution in [2.75, 3.05) is 30.0 Å². The van der Waals surface area contributed by atoms with Crippen LogP contribution in [0.2, 0.25) is 0 Å². The highest BCUT2D eigenvalue weighted by Crippen LogP contribution is 2.11. The van der Waals surface area contributed by atoms with Gasteiger partial charge < -0.3 is 16.0 Å². The lowest BCUT2D eigenvalue weighted by atomic mass is 10.3. The van der Waals surface area contributed by atoms with Crippen LogP contribution in [0.25, 0.3) is 0 Å². The maximum atomic E-state index is 5.68. The van der Waals surface area contributed by atoms with Crippen molar-refractivity contribution in [1.82, 2.24) is 20.2 Å². The number of nitrogens with zero attached hydrogens (tertiary/aromatic N) is 4. The van der Waals surface area contributed by atoms with Crippen LogP contribution in [0.5, 0.6) is 0 Å². The van der Waals surface area contributed by atoms with E-state index in [1.165, 1.54) is 0 Å². The van der Waals surface area contributed by atoms with Crippen LogP contribution in [-0.4, -0.2) is 34.3 Å². The Morgan fingerprint density at radius 1 is 1.47 bits per heavy atom. The van der Waals surface area contributed by atoms with E-state index in [1.54, 1.807) is 12.4 Å². The summed E-state index contributed by atoms with van der Waals surface area (Å²) in [6, 6.07) is 1.81. The van der Waals surface area contributed by atoms with Crippen molar-refractivity contribution in [2.24, 2.45) is 0 Å². The first kappa shape index (κ1) is 11.2. The molecule has 0 aliphatic heterocycles. The summed E-state index contributed by atoms with van der Waals surface area (Å²) in [7, 11) is 3.79. The van der Waals surface area contributed by atoms with Gasteiger partial charge >= 0.3 is 0 Å². The number of anilines is 3. The molecular formula is C10H15N7. The number of nitrogens with two attached hydrogens (primary N) is 1. The van der Waals surface area contributed by atoms with Gasteiger partial charge in [0.2, 0.25) is 5.95 Å². The van der Waals surface area contributed by atoms with Crippen LogP contribution in [-0.2, 0) is 6.54 Å². The molecule has 0 saturated heterocycles. The number of nitrogens with one attached hydrogen (secondary N) is 2. The summed E-state index contributed by atoms with van der Waals surface area (Å²) in [4.78, 5) is 10.3. The van der Waals surface area contributed by atoms with Gasteiger partial charge in [-0.2, -0.15) is 10.1 Å². The lowest BCUT2D eigenvalue weighted by Crippen LogP contribution is -2.13. The number of hydrogen-bond acceptors (Lipinski definition) is 6. The fourth-order valence-corrected chi connectivity index (χ4v) is 1.31. The van der Waals surface area contributed by atoms with Gasteiger partial charge in [-0.3, -0.25) is 5.10 Å². The molecule has 0 amide bonds. The molecule has 0 aromatic carbocycles. The van der Waals surface area contributed by atoms with Crippen molar-refractivity contribution in [2.45, 2.75) is 6.54 Å². The molecule has 2 aromatic rings. The predicted molar refractivity (Wildman–Crippen MR) is 66.7 cm³/mol. The van der Waals surface area contributed by atoms with E-state index in [9.17, 15) is 0 Å². The SMILES string of the molecule is CN(C)c1nccc(NCc2cn[nH]c2N)n1. The molecule has 0 unspecified atom stereocenters. The highest BCUT2D eigenvalue weighted by Gasteiger charge is 2.03. The van der Waals surface area contributed by atoms with E-state index < -0.39 is 0 Å². The Hall–Kier alpha value is -2.31. The van der Waals surface area contributed by atoms with Crippen LogP contribution in [0.4, 0.5) is 17.6 Å². The van der Waals surface area contributed by atoms with E-state index in [-0.39, 0.29) is 0 Å². The van der Waals surface area contributed by atoms with Crippen molar-refractivity contribution in [3.8, 4) is 0 Å². The normalized spacial score (nSPS) is 10.2. The van der Waals surface area contributed by atoms with Crippen molar-refractivity contribution in [3.63, 3.8) is 0 Å². The van der Waals surface area contributed by atoms with Crippen LogP contribution in [0.3, 0.4) is 0 Å². The smallest absolute Gasteiger partial charge is 0.226 e. The van der Waals surface area contributed by atoms with Gasteiger partial charge in [-0.25, -0.2) is 4.98 Å². The van der Waals surface area contributed by atoms with Crippen molar-refractivity contribution in [1.29, 1.82) is 0 Å². The average Bonchev–Trinajstić information content (AvgIpc) is 2.72. The molecule has 7 heteroatoms. The number of hydrogen-bond donors (Lipinski definition) is 3.